The zero-order valence-corrected chi connectivity index (χ0v) is 12.9. The molecule has 0 radical (unpaired) electrons. The first-order valence-electron chi connectivity index (χ1n) is 6.56. The van der Waals surface area contributed by atoms with Crippen molar-refractivity contribution in [3.63, 3.8) is 0 Å². The van der Waals surface area contributed by atoms with E-state index < -0.39 is 6.09 Å². The minimum atomic E-state index is -0.618. The number of carbonyl (C=O) groups is 2. The second-order valence-electron chi connectivity index (χ2n) is 4.68. The van der Waals surface area contributed by atoms with Crippen molar-refractivity contribution in [3.05, 3.63) is 53.1 Å². The number of rotatable bonds is 3. The van der Waals surface area contributed by atoms with E-state index in [0.29, 0.717) is 22.1 Å². The molecule has 0 atom stereocenters. The molecule has 0 fully saturated rings. The van der Waals surface area contributed by atoms with Gasteiger partial charge in [-0.3, -0.25) is 10.1 Å². The Morgan fingerprint density at radius 1 is 1.00 bits per heavy atom. The number of aryl methyl sites for hydroxylation is 1. The highest BCUT2D eigenvalue weighted by molar-refractivity contribution is 6.31. The minimum absolute atomic E-state index is 0.164. The van der Waals surface area contributed by atoms with Crippen molar-refractivity contribution < 1.29 is 14.3 Å². The summed E-state index contributed by atoms with van der Waals surface area (Å²) in [6, 6.07) is 11.7. The Kier molecular flexibility index (Phi) is 5.01. The fraction of sp³-hybridized carbons (Fsp3) is 0.125. The predicted molar refractivity (Wildman–Crippen MR) is 86.6 cm³/mol. The third kappa shape index (κ3) is 4.49. The maximum atomic E-state index is 11.8. The monoisotopic (exact) mass is 318 g/mol. The molecule has 0 bridgehead atoms. The van der Waals surface area contributed by atoms with Gasteiger partial charge < -0.3 is 10.1 Å². The van der Waals surface area contributed by atoms with Gasteiger partial charge in [0.1, 0.15) is 5.75 Å². The summed E-state index contributed by atoms with van der Waals surface area (Å²) in [4.78, 5) is 22.7. The van der Waals surface area contributed by atoms with Crippen LogP contribution in [0.2, 0.25) is 5.02 Å². The second-order valence-corrected chi connectivity index (χ2v) is 5.09. The molecule has 0 spiro atoms. The summed E-state index contributed by atoms with van der Waals surface area (Å²) in [5.74, 6) is 0.201. The highest BCUT2D eigenvalue weighted by atomic mass is 35.5. The Balaban J connectivity index is 1.96. The lowest BCUT2D eigenvalue weighted by Crippen LogP contribution is -2.16. The third-order valence-electron chi connectivity index (χ3n) is 2.80. The van der Waals surface area contributed by atoms with E-state index >= 15 is 0 Å². The van der Waals surface area contributed by atoms with Gasteiger partial charge in [-0.1, -0.05) is 17.7 Å². The number of carbonyl (C=O) groups excluding carboxylic acids is 2. The quantitative estimate of drug-likeness (QED) is 0.890. The maximum Gasteiger partial charge on any atom is 0.417 e. The molecule has 2 aromatic rings. The number of hydrogen-bond donors (Lipinski definition) is 2. The molecule has 0 unspecified atom stereocenters. The molecule has 0 saturated heterocycles. The van der Waals surface area contributed by atoms with Gasteiger partial charge in [-0.25, -0.2) is 4.79 Å². The molecular weight excluding hydrogens is 304 g/mol. The molecule has 6 heteroatoms. The molecule has 114 valence electrons. The summed E-state index contributed by atoms with van der Waals surface area (Å²) in [5, 5.41) is 5.78. The van der Waals surface area contributed by atoms with E-state index in [0.717, 1.165) is 5.56 Å². The Labute approximate surface area is 133 Å². The molecule has 0 aliphatic heterocycles. The Morgan fingerprint density at radius 2 is 1.64 bits per heavy atom. The van der Waals surface area contributed by atoms with E-state index in [-0.39, 0.29) is 5.91 Å². The van der Waals surface area contributed by atoms with Crippen LogP contribution in [0.25, 0.3) is 0 Å². The largest absolute Gasteiger partial charge is 0.417 e. The molecule has 2 amide bonds. The molecule has 5 nitrogen and oxygen atoms in total. The van der Waals surface area contributed by atoms with Gasteiger partial charge in [0.25, 0.3) is 0 Å². The molecule has 0 heterocycles. The van der Waals surface area contributed by atoms with Crippen molar-refractivity contribution in [1.29, 1.82) is 0 Å². The van der Waals surface area contributed by atoms with Gasteiger partial charge in [0, 0.05) is 23.3 Å². The first-order chi connectivity index (χ1) is 10.4. The molecule has 2 rings (SSSR count). The molecular formula is C16H15ClN2O3. The van der Waals surface area contributed by atoms with Gasteiger partial charge in [-0.2, -0.15) is 0 Å². The van der Waals surface area contributed by atoms with E-state index in [2.05, 4.69) is 10.6 Å². The fourth-order valence-electron chi connectivity index (χ4n) is 1.73. The van der Waals surface area contributed by atoms with Gasteiger partial charge in [0.05, 0.1) is 0 Å². The van der Waals surface area contributed by atoms with Crippen molar-refractivity contribution in [2.24, 2.45) is 0 Å². The number of benzene rings is 2. The third-order valence-corrected chi connectivity index (χ3v) is 3.21. The van der Waals surface area contributed by atoms with E-state index in [1.165, 1.54) is 6.92 Å². The molecule has 2 N–H and O–H groups in total. The minimum Gasteiger partial charge on any atom is -0.410 e. The Bertz CT molecular complexity index is 699. The predicted octanol–water partition coefficient (Wildman–Crippen LogP) is 4.22. The number of anilines is 2. The van der Waals surface area contributed by atoms with Crippen molar-refractivity contribution >= 4 is 35.0 Å². The van der Waals surface area contributed by atoms with Crippen LogP contribution >= 0.6 is 11.6 Å². The summed E-state index contributed by atoms with van der Waals surface area (Å²) in [7, 11) is 0. The zero-order valence-electron chi connectivity index (χ0n) is 12.1. The van der Waals surface area contributed by atoms with Gasteiger partial charge >= 0.3 is 6.09 Å². The summed E-state index contributed by atoms with van der Waals surface area (Å²) < 4.78 is 5.14. The summed E-state index contributed by atoms with van der Waals surface area (Å²) in [6.45, 7) is 3.30. The van der Waals surface area contributed by atoms with E-state index in [4.69, 9.17) is 16.3 Å². The average Bonchev–Trinajstić information content (AvgIpc) is 2.44. The van der Waals surface area contributed by atoms with Crippen molar-refractivity contribution in [3.8, 4) is 5.75 Å². The SMILES string of the molecule is CC(=O)Nc1ccc(OC(=O)Nc2ccc(C)c(Cl)c2)cc1. The smallest absolute Gasteiger partial charge is 0.410 e. The molecule has 22 heavy (non-hydrogen) atoms. The fourth-order valence-corrected chi connectivity index (χ4v) is 1.91. The number of halogens is 1. The lowest BCUT2D eigenvalue weighted by atomic mass is 10.2. The van der Waals surface area contributed by atoms with Gasteiger partial charge in [-0.15, -0.1) is 0 Å². The Morgan fingerprint density at radius 3 is 2.23 bits per heavy atom. The van der Waals surface area contributed by atoms with Crippen LogP contribution in [0.4, 0.5) is 16.2 Å². The summed E-state index contributed by atoms with van der Waals surface area (Å²) in [5.41, 5.74) is 2.11. The van der Waals surface area contributed by atoms with Crippen LogP contribution in [0.15, 0.2) is 42.5 Å². The lowest BCUT2D eigenvalue weighted by Gasteiger charge is -2.08. The van der Waals surface area contributed by atoms with Crippen LogP contribution < -0.4 is 15.4 Å². The number of nitrogens with one attached hydrogen (secondary N) is 2. The average molecular weight is 319 g/mol. The van der Waals surface area contributed by atoms with E-state index in [9.17, 15) is 9.59 Å². The van der Waals surface area contributed by atoms with Crippen LogP contribution in [0, 0.1) is 6.92 Å². The first-order valence-corrected chi connectivity index (χ1v) is 6.94. The summed E-state index contributed by atoms with van der Waals surface area (Å²) >= 11 is 5.99. The second kappa shape index (κ2) is 6.95. The maximum absolute atomic E-state index is 11.8. The van der Waals surface area contributed by atoms with Gasteiger partial charge in [0.15, 0.2) is 0 Å². The van der Waals surface area contributed by atoms with E-state index in [1.807, 2.05) is 6.92 Å². The first kappa shape index (κ1) is 15.9. The lowest BCUT2D eigenvalue weighted by molar-refractivity contribution is -0.114. The molecule has 0 aliphatic rings. The van der Waals surface area contributed by atoms with Crippen LogP contribution in [0.3, 0.4) is 0 Å². The molecule has 0 saturated carbocycles. The van der Waals surface area contributed by atoms with Crippen molar-refractivity contribution in [2.75, 3.05) is 10.6 Å². The normalized spacial score (nSPS) is 9.95. The highest BCUT2D eigenvalue weighted by Crippen LogP contribution is 2.21. The number of hydrogen-bond acceptors (Lipinski definition) is 3. The van der Waals surface area contributed by atoms with Crippen molar-refractivity contribution in [1.82, 2.24) is 0 Å². The summed E-state index contributed by atoms with van der Waals surface area (Å²) in [6.07, 6.45) is -0.618. The molecule has 0 aromatic heterocycles. The van der Waals surface area contributed by atoms with Crippen molar-refractivity contribution in [2.45, 2.75) is 13.8 Å². The number of amides is 2. The molecule has 0 aliphatic carbocycles. The number of ether oxygens (including phenoxy) is 1. The van der Waals surface area contributed by atoms with E-state index in [1.54, 1.807) is 42.5 Å². The van der Waals surface area contributed by atoms with Crippen LogP contribution in [-0.4, -0.2) is 12.0 Å². The topological polar surface area (TPSA) is 67.4 Å². The van der Waals surface area contributed by atoms with Gasteiger partial charge in [0.2, 0.25) is 5.91 Å². The highest BCUT2D eigenvalue weighted by Gasteiger charge is 2.06. The zero-order chi connectivity index (χ0) is 16.1. The van der Waals surface area contributed by atoms with Gasteiger partial charge in [-0.05, 0) is 48.9 Å². The van der Waals surface area contributed by atoms with Crippen LogP contribution in [-0.2, 0) is 4.79 Å². The van der Waals surface area contributed by atoms with Crippen LogP contribution in [0.5, 0.6) is 5.75 Å². The molecule has 2 aromatic carbocycles. The Hall–Kier alpha value is -2.53. The van der Waals surface area contributed by atoms with Crippen LogP contribution in [0.1, 0.15) is 12.5 Å². The standard InChI is InChI=1S/C16H15ClN2O3/c1-10-3-4-13(9-15(10)17)19-16(21)22-14-7-5-12(6-8-14)18-11(2)20/h3-9H,1-2H3,(H,18,20)(H,19,21).